The molecule has 2 N–H and O–H groups in total. The van der Waals surface area contributed by atoms with Crippen LogP contribution < -0.4 is 5.73 Å². The Morgan fingerprint density at radius 3 is 2.83 bits per heavy atom. The van der Waals surface area contributed by atoms with Gasteiger partial charge in [-0.25, -0.2) is 8.78 Å². The van der Waals surface area contributed by atoms with Crippen molar-refractivity contribution in [3.8, 4) is 0 Å². The topological polar surface area (TPSA) is 46.3 Å². The van der Waals surface area contributed by atoms with Gasteiger partial charge >= 0.3 is 0 Å². The van der Waals surface area contributed by atoms with Gasteiger partial charge in [-0.3, -0.25) is 9.69 Å². The molecule has 1 aliphatic heterocycles. The first-order chi connectivity index (χ1) is 5.61. The van der Waals surface area contributed by atoms with Crippen LogP contribution in [-0.2, 0) is 4.79 Å². The number of hydrogen-bond donors (Lipinski definition) is 1. The molecule has 1 saturated heterocycles. The summed E-state index contributed by atoms with van der Waals surface area (Å²) >= 11 is 0. The summed E-state index contributed by atoms with van der Waals surface area (Å²) in [5, 5.41) is 0. The SMILES string of the molecule is NC(=O)CN1CCC[C@@H]1C(F)F. The molecule has 70 valence electrons. The lowest BCUT2D eigenvalue weighted by atomic mass is 10.2. The van der Waals surface area contributed by atoms with E-state index in [4.69, 9.17) is 5.73 Å². The molecule has 1 amide bonds. The van der Waals surface area contributed by atoms with E-state index in [1.807, 2.05) is 0 Å². The molecule has 0 bridgehead atoms. The van der Waals surface area contributed by atoms with Crippen LogP contribution in [0.2, 0.25) is 0 Å². The molecule has 0 radical (unpaired) electrons. The Labute approximate surface area is 69.5 Å². The van der Waals surface area contributed by atoms with Crippen LogP contribution in [0.25, 0.3) is 0 Å². The monoisotopic (exact) mass is 178 g/mol. The van der Waals surface area contributed by atoms with Gasteiger partial charge in [-0.05, 0) is 19.4 Å². The lowest BCUT2D eigenvalue weighted by Crippen LogP contribution is -2.40. The average molecular weight is 178 g/mol. The van der Waals surface area contributed by atoms with Gasteiger partial charge in [0.05, 0.1) is 12.6 Å². The molecule has 0 spiro atoms. The highest BCUT2D eigenvalue weighted by Crippen LogP contribution is 2.21. The molecule has 0 unspecified atom stereocenters. The predicted octanol–water partition coefficient (Wildman–Crippen LogP) is 0.201. The van der Waals surface area contributed by atoms with Gasteiger partial charge in [0, 0.05) is 0 Å². The first-order valence-electron chi connectivity index (χ1n) is 3.92. The summed E-state index contributed by atoms with van der Waals surface area (Å²) in [6, 6.07) is -0.766. The summed E-state index contributed by atoms with van der Waals surface area (Å²) in [7, 11) is 0. The van der Waals surface area contributed by atoms with E-state index in [0.29, 0.717) is 13.0 Å². The number of nitrogens with two attached hydrogens (primary N) is 1. The summed E-state index contributed by atoms with van der Waals surface area (Å²) in [5.41, 5.74) is 4.91. The number of nitrogens with zero attached hydrogens (tertiary/aromatic N) is 1. The Morgan fingerprint density at radius 1 is 1.67 bits per heavy atom. The molecule has 0 aliphatic carbocycles. The van der Waals surface area contributed by atoms with Crippen molar-refractivity contribution in [1.29, 1.82) is 0 Å². The van der Waals surface area contributed by atoms with Crippen LogP contribution in [0.5, 0.6) is 0 Å². The van der Waals surface area contributed by atoms with Gasteiger partial charge in [-0.15, -0.1) is 0 Å². The van der Waals surface area contributed by atoms with Crippen molar-refractivity contribution in [3.05, 3.63) is 0 Å². The number of primary amides is 1. The minimum absolute atomic E-state index is 0.0466. The molecular formula is C7H12F2N2O. The van der Waals surface area contributed by atoms with Crippen molar-refractivity contribution in [2.75, 3.05) is 13.1 Å². The molecule has 1 rings (SSSR count). The van der Waals surface area contributed by atoms with Crippen molar-refractivity contribution < 1.29 is 13.6 Å². The number of likely N-dealkylation sites (tertiary alicyclic amines) is 1. The van der Waals surface area contributed by atoms with E-state index < -0.39 is 18.4 Å². The molecule has 1 heterocycles. The van der Waals surface area contributed by atoms with Gasteiger partial charge in [0.2, 0.25) is 5.91 Å². The Kier molecular flexibility index (Phi) is 2.97. The molecule has 0 aromatic heterocycles. The zero-order valence-corrected chi connectivity index (χ0v) is 6.67. The third-order valence-corrected chi connectivity index (χ3v) is 2.06. The highest BCUT2D eigenvalue weighted by atomic mass is 19.3. The highest BCUT2D eigenvalue weighted by Gasteiger charge is 2.32. The van der Waals surface area contributed by atoms with Crippen LogP contribution >= 0.6 is 0 Å². The van der Waals surface area contributed by atoms with Crippen LogP contribution in [0, 0.1) is 0 Å². The number of amides is 1. The third-order valence-electron chi connectivity index (χ3n) is 2.06. The molecule has 3 nitrogen and oxygen atoms in total. The van der Waals surface area contributed by atoms with E-state index in [-0.39, 0.29) is 6.54 Å². The highest BCUT2D eigenvalue weighted by molar-refractivity contribution is 5.76. The zero-order chi connectivity index (χ0) is 9.14. The number of carbonyl (C=O) groups is 1. The third kappa shape index (κ3) is 2.14. The summed E-state index contributed by atoms with van der Waals surface area (Å²) in [4.78, 5) is 11.9. The maximum atomic E-state index is 12.2. The first kappa shape index (κ1) is 9.38. The molecule has 0 aromatic rings. The van der Waals surface area contributed by atoms with Gasteiger partial charge in [-0.2, -0.15) is 0 Å². The molecule has 0 aromatic carbocycles. The zero-order valence-electron chi connectivity index (χ0n) is 6.67. The average Bonchev–Trinajstić information content (AvgIpc) is 2.33. The van der Waals surface area contributed by atoms with E-state index in [0.717, 1.165) is 6.42 Å². The fourth-order valence-electron chi connectivity index (χ4n) is 1.53. The van der Waals surface area contributed by atoms with Crippen LogP contribution in [0.4, 0.5) is 8.78 Å². The van der Waals surface area contributed by atoms with Crippen LogP contribution in [0.15, 0.2) is 0 Å². The lowest BCUT2D eigenvalue weighted by molar-refractivity contribution is -0.119. The van der Waals surface area contributed by atoms with Crippen LogP contribution in [0.1, 0.15) is 12.8 Å². The van der Waals surface area contributed by atoms with Gasteiger partial charge < -0.3 is 5.73 Å². The minimum atomic E-state index is -2.37. The molecule has 1 aliphatic rings. The van der Waals surface area contributed by atoms with Gasteiger partial charge in [0.15, 0.2) is 0 Å². The summed E-state index contributed by atoms with van der Waals surface area (Å²) in [6.45, 7) is 0.507. The summed E-state index contributed by atoms with van der Waals surface area (Å²) in [6.07, 6.45) is -1.18. The normalized spacial score (nSPS) is 25.1. The van der Waals surface area contributed by atoms with Crippen molar-refractivity contribution in [2.24, 2.45) is 5.73 Å². The second-order valence-corrected chi connectivity index (χ2v) is 2.98. The van der Waals surface area contributed by atoms with Crippen LogP contribution in [-0.4, -0.2) is 36.4 Å². The molecule has 1 atom stereocenters. The van der Waals surface area contributed by atoms with Gasteiger partial charge in [0.1, 0.15) is 0 Å². The van der Waals surface area contributed by atoms with Crippen molar-refractivity contribution >= 4 is 5.91 Å². The molecular weight excluding hydrogens is 166 g/mol. The van der Waals surface area contributed by atoms with Crippen LogP contribution in [0.3, 0.4) is 0 Å². The van der Waals surface area contributed by atoms with E-state index in [1.165, 1.54) is 4.90 Å². The van der Waals surface area contributed by atoms with Crippen molar-refractivity contribution in [3.63, 3.8) is 0 Å². The lowest BCUT2D eigenvalue weighted by Gasteiger charge is -2.21. The van der Waals surface area contributed by atoms with Crippen molar-refractivity contribution in [2.45, 2.75) is 25.3 Å². The van der Waals surface area contributed by atoms with E-state index in [1.54, 1.807) is 0 Å². The van der Waals surface area contributed by atoms with E-state index in [2.05, 4.69) is 0 Å². The van der Waals surface area contributed by atoms with Crippen molar-refractivity contribution in [1.82, 2.24) is 4.90 Å². The number of rotatable bonds is 3. The van der Waals surface area contributed by atoms with E-state index in [9.17, 15) is 13.6 Å². The Morgan fingerprint density at radius 2 is 2.33 bits per heavy atom. The van der Waals surface area contributed by atoms with E-state index >= 15 is 0 Å². The standard InChI is InChI=1S/C7H12F2N2O/c8-7(9)5-2-1-3-11(5)4-6(10)12/h5,7H,1-4H2,(H2,10,12)/t5-/m1/s1. The Bertz CT molecular complexity index is 175. The minimum Gasteiger partial charge on any atom is -0.369 e. The quantitative estimate of drug-likeness (QED) is 0.671. The van der Waals surface area contributed by atoms with Gasteiger partial charge in [0.25, 0.3) is 6.43 Å². The second kappa shape index (κ2) is 3.80. The number of hydrogen-bond acceptors (Lipinski definition) is 2. The number of carbonyl (C=O) groups excluding carboxylic acids is 1. The molecule has 0 saturated carbocycles. The van der Waals surface area contributed by atoms with Gasteiger partial charge in [-0.1, -0.05) is 0 Å². The fourth-order valence-corrected chi connectivity index (χ4v) is 1.53. The largest absolute Gasteiger partial charge is 0.369 e. The number of alkyl halides is 2. The smallest absolute Gasteiger partial charge is 0.253 e. The molecule has 12 heavy (non-hydrogen) atoms. The second-order valence-electron chi connectivity index (χ2n) is 2.98. The fraction of sp³-hybridized carbons (Fsp3) is 0.857. The Hall–Kier alpha value is -0.710. The molecule has 1 fully saturated rings. The first-order valence-corrected chi connectivity index (χ1v) is 3.92. The number of halogens is 2. The summed E-state index contributed by atoms with van der Waals surface area (Å²) in [5.74, 6) is -0.539. The maximum Gasteiger partial charge on any atom is 0.253 e. The maximum absolute atomic E-state index is 12.2. The molecule has 5 heteroatoms. The predicted molar refractivity (Wildman–Crippen MR) is 39.8 cm³/mol. The summed E-state index contributed by atoms with van der Waals surface area (Å²) < 4.78 is 24.5. The Balaban J connectivity index is 2.46.